The third kappa shape index (κ3) is 5.33. The van der Waals surface area contributed by atoms with Crippen molar-refractivity contribution in [2.75, 3.05) is 18.8 Å². The Morgan fingerprint density at radius 2 is 1.58 bits per heavy atom. The molecule has 3 heteroatoms. The molecule has 106 valence electrons. The summed E-state index contributed by atoms with van der Waals surface area (Å²) in [5.74, 6) is 0.129. The minimum atomic E-state index is 0.129. The molecule has 1 aromatic carbocycles. The predicted octanol–water partition coefficient (Wildman–Crippen LogP) is 3.70. The lowest BCUT2D eigenvalue weighted by molar-refractivity contribution is 0.0750. The van der Waals surface area contributed by atoms with Gasteiger partial charge in [-0.1, -0.05) is 33.1 Å². The predicted molar refractivity (Wildman–Crippen MR) is 81.2 cm³/mol. The van der Waals surface area contributed by atoms with Crippen molar-refractivity contribution in [2.45, 2.75) is 46.0 Å². The Kier molecular flexibility index (Phi) is 7.01. The maximum atomic E-state index is 12.4. The first-order chi connectivity index (χ1) is 9.19. The zero-order chi connectivity index (χ0) is 14.1. The molecule has 0 unspecified atom stereocenters. The lowest BCUT2D eigenvalue weighted by Gasteiger charge is -2.22. The molecule has 3 nitrogen and oxygen atoms in total. The minimum Gasteiger partial charge on any atom is -0.399 e. The van der Waals surface area contributed by atoms with E-state index in [0.717, 1.165) is 37.9 Å². The zero-order valence-electron chi connectivity index (χ0n) is 12.2. The molecule has 1 amide bonds. The highest BCUT2D eigenvalue weighted by molar-refractivity contribution is 5.94. The van der Waals surface area contributed by atoms with Gasteiger partial charge in [0.1, 0.15) is 0 Å². The number of rotatable bonds is 8. The van der Waals surface area contributed by atoms with Gasteiger partial charge in [0, 0.05) is 24.3 Å². The van der Waals surface area contributed by atoms with Gasteiger partial charge in [-0.3, -0.25) is 4.79 Å². The van der Waals surface area contributed by atoms with Gasteiger partial charge in [-0.15, -0.1) is 0 Å². The van der Waals surface area contributed by atoms with Gasteiger partial charge in [0.15, 0.2) is 0 Å². The number of nitrogens with two attached hydrogens (primary N) is 1. The van der Waals surface area contributed by atoms with Crippen LogP contribution >= 0.6 is 0 Å². The Labute approximate surface area is 116 Å². The second-order valence-corrected chi connectivity index (χ2v) is 4.97. The van der Waals surface area contributed by atoms with Gasteiger partial charge in [-0.25, -0.2) is 0 Å². The van der Waals surface area contributed by atoms with Crippen molar-refractivity contribution < 1.29 is 4.79 Å². The van der Waals surface area contributed by atoms with E-state index in [2.05, 4.69) is 13.8 Å². The summed E-state index contributed by atoms with van der Waals surface area (Å²) in [7, 11) is 0. The topological polar surface area (TPSA) is 46.3 Å². The van der Waals surface area contributed by atoms with Crippen molar-refractivity contribution in [3.8, 4) is 0 Å². The summed E-state index contributed by atoms with van der Waals surface area (Å²) in [5.41, 5.74) is 7.09. The quantitative estimate of drug-likeness (QED) is 0.573. The summed E-state index contributed by atoms with van der Waals surface area (Å²) in [4.78, 5) is 14.4. The number of carbonyl (C=O) groups excluding carboxylic acids is 1. The zero-order valence-corrected chi connectivity index (χ0v) is 12.2. The van der Waals surface area contributed by atoms with E-state index in [1.165, 1.54) is 12.8 Å². The molecule has 0 spiro atoms. The number of hydrogen-bond donors (Lipinski definition) is 1. The third-order valence-corrected chi connectivity index (χ3v) is 3.26. The number of hydrogen-bond acceptors (Lipinski definition) is 2. The molecule has 0 saturated heterocycles. The summed E-state index contributed by atoms with van der Waals surface area (Å²) in [6.07, 6.45) is 5.61. The second kappa shape index (κ2) is 8.57. The number of nitrogens with zero attached hydrogens (tertiary/aromatic N) is 1. The first-order valence-electron chi connectivity index (χ1n) is 7.33. The van der Waals surface area contributed by atoms with Crippen LogP contribution in [0.15, 0.2) is 24.3 Å². The highest BCUT2D eigenvalue weighted by Crippen LogP contribution is 2.11. The first-order valence-corrected chi connectivity index (χ1v) is 7.33. The van der Waals surface area contributed by atoms with Crippen LogP contribution in [0.2, 0.25) is 0 Å². The normalized spacial score (nSPS) is 10.4. The van der Waals surface area contributed by atoms with Crippen LogP contribution in [-0.2, 0) is 0 Å². The highest BCUT2D eigenvalue weighted by Gasteiger charge is 2.14. The van der Waals surface area contributed by atoms with Crippen LogP contribution in [0.4, 0.5) is 5.69 Å². The Bertz CT molecular complexity index is 373. The SMILES string of the molecule is CCCCCN(CCCC)C(=O)c1ccc(N)cc1. The van der Waals surface area contributed by atoms with Crippen molar-refractivity contribution in [1.82, 2.24) is 4.90 Å². The summed E-state index contributed by atoms with van der Waals surface area (Å²) in [5, 5.41) is 0. The molecule has 0 saturated carbocycles. The molecule has 1 aromatic rings. The number of carbonyl (C=O) groups is 1. The van der Waals surface area contributed by atoms with Crippen LogP contribution < -0.4 is 5.73 Å². The maximum absolute atomic E-state index is 12.4. The van der Waals surface area contributed by atoms with E-state index in [4.69, 9.17) is 5.73 Å². The van der Waals surface area contributed by atoms with Gasteiger partial charge in [0.05, 0.1) is 0 Å². The summed E-state index contributed by atoms with van der Waals surface area (Å²) in [6.45, 7) is 6.04. The van der Waals surface area contributed by atoms with Gasteiger partial charge < -0.3 is 10.6 Å². The fourth-order valence-corrected chi connectivity index (χ4v) is 2.02. The van der Waals surface area contributed by atoms with Gasteiger partial charge in [0.2, 0.25) is 0 Å². The van der Waals surface area contributed by atoms with E-state index in [-0.39, 0.29) is 5.91 Å². The van der Waals surface area contributed by atoms with E-state index in [1.54, 1.807) is 12.1 Å². The van der Waals surface area contributed by atoms with Crippen molar-refractivity contribution in [3.05, 3.63) is 29.8 Å². The molecule has 0 aliphatic heterocycles. The van der Waals surface area contributed by atoms with Gasteiger partial charge >= 0.3 is 0 Å². The molecule has 0 atom stereocenters. The van der Waals surface area contributed by atoms with Gasteiger partial charge in [0.25, 0.3) is 5.91 Å². The number of anilines is 1. The fourth-order valence-electron chi connectivity index (χ4n) is 2.02. The Hall–Kier alpha value is -1.51. The van der Waals surface area contributed by atoms with Crippen LogP contribution in [0.1, 0.15) is 56.3 Å². The molecule has 2 N–H and O–H groups in total. The van der Waals surface area contributed by atoms with Crippen molar-refractivity contribution in [3.63, 3.8) is 0 Å². The van der Waals surface area contributed by atoms with E-state index in [0.29, 0.717) is 5.69 Å². The standard InChI is InChI=1S/C16H26N2O/c1-3-5-7-13-18(12-6-4-2)16(19)14-8-10-15(17)11-9-14/h8-11H,3-7,12-13,17H2,1-2H3. The number of amides is 1. The molecular weight excluding hydrogens is 236 g/mol. The van der Waals surface area contributed by atoms with E-state index >= 15 is 0 Å². The lowest BCUT2D eigenvalue weighted by atomic mass is 10.1. The third-order valence-electron chi connectivity index (χ3n) is 3.26. The summed E-state index contributed by atoms with van der Waals surface area (Å²) < 4.78 is 0. The van der Waals surface area contributed by atoms with Crippen LogP contribution in [0.5, 0.6) is 0 Å². The number of nitrogen functional groups attached to an aromatic ring is 1. The monoisotopic (exact) mass is 262 g/mol. The lowest BCUT2D eigenvalue weighted by Crippen LogP contribution is -2.33. The molecule has 0 bridgehead atoms. The maximum Gasteiger partial charge on any atom is 0.253 e. The van der Waals surface area contributed by atoms with Crippen molar-refractivity contribution in [2.24, 2.45) is 0 Å². The van der Waals surface area contributed by atoms with Crippen LogP contribution in [-0.4, -0.2) is 23.9 Å². The number of benzene rings is 1. The summed E-state index contributed by atoms with van der Waals surface area (Å²) in [6, 6.07) is 7.21. The van der Waals surface area contributed by atoms with Crippen LogP contribution in [0.25, 0.3) is 0 Å². The highest BCUT2D eigenvalue weighted by atomic mass is 16.2. The van der Waals surface area contributed by atoms with Crippen LogP contribution in [0.3, 0.4) is 0 Å². The second-order valence-electron chi connectivity index (χ2n) is 4.97. The van der Waals surface area contributed by atoms with Gasteiger partial charge in [-0.2, -0.15) is 0 Å². The molecule has 0 aliphatic rings. The largest absolute Gasteiger partial charge is 0.399 e. The molecule has 0 radical (unpaired) electrons. The van der Waals surface area contributed by atoms with Gasteiger partial charge in [-0.05, 0) is 37.1 Å². The molecular formula is C16H26N2O. The van der Waals surface area contributed by atoms with Crippen molar-refractivity contribution in [1.29, 1.82) is 0 Å². The molecule has 19 heavy (non-hydrogen) atoms. The van der Waals surface area contributed by atoms with E-state index < -0.39 is 0 Å². The molecule has 0 heterocycles. The van der Waals surface area contributed by atoms with E-state index in [9.17, 15) is 4.79 Å². The average molecular weight is 262 g/mol. The molecule has 0 aliphatic carbocycles. The molecule has 0 aromatic heterocycles. The average Bonchev–Trinajstić information content (AvgIpc) is 2.43. The number of unbranched alkanes of at least 4 members (excludes halogenated alkanes) is 3. The minimum absolute atomic E-state index is 0.129. The fraction of sp³-hybridized carbons (Fsp3) is 0.562. The first kappa shape index (κ1) is 15.5. The Morgan fingerprint density at radius 3 is 2.16 bits per heavy atom. The molecule has 0 fully saturated rings. The smallest absolute Gasteiger partial charge is 0.253 e. The van der Waals surface area contributed by atoms with Crippen LogP contribution in [0, 0.1) is 0 Å². The Morgan fingerprint density at radius 1 is 1.00 bits per heavy atom. The summed E-state index contributed by atoms with van der Waals surface area (Å²) >= 11 is 0. The Balaban J connectivity index is 2.66. The molecule has 1 rings (SSSR count). The van der Waals surface area contributed by atoms with E-state index in [1.807, 2.05) is 17.0 Å². The van der Waals surface area contributed by atoms with Crippen molar-refractivity contribution >= 4 is 11.6 Å².